The molecule has 1 aromatic carbocycles. The van der Waals surface area contributed by atoms with Crippen LogP contribution in [0.15, 0.2) is 41.1 Å². The molecular weight excluding hydrogens is 312 g/mol. The van der Waals surface area contributed by atoms with Gasteiger partial charge in [-0.1, -0.05) is 34.5 Å². The van der Waals surface area contributed by atoms with Crippen molar-refractivity contribution < 1.29 is 0 Å². The molecule has 0 fully saturated rings. The Bertz CT molecular complexity index is 522. The topological polar surface area (TPSA) is 17.0 Å². The lowest BCUT2D eigenvalue weighted by Crippen LogP contribution is -1.99. The van der Waals surface area contributed by atoms with Crippen molar-refractivity contribution in [1.29, 1.82) is 0 Å². The largest absolute Gasteiger partial charge is 0.380 e. The SMILES string of the molecule is CCCn1ccc(CNc2cc(Br)ccc2Cl)c1. The van der Waals surface area contributed by atoms with Crippen molar-refractivity contribution in [2.75, 3.05) is 5.32 Å². The van der Waals surface area contributed by atoms with E-state index in [2.05, 4.69) is 51.2 Å². The van der Waals surface area contributed by atoms with E-state index in [1.165, 1.54) is 5.56 Å². The molecule has 0 saturated heterocycles. The minimum absolute atomic E-state index is 0.742. The van der Waals surface area contributed by atoms with Crippen LogP contribution in [0.5, 0.6) is 0 Å². The molecule has 0 bridgehead atoms. The van der Waals surface area contributed by atoms with Gasteiger partial charge in [0.05, 0.1) is 10.7 Å². The van der Waals surface area contributed by atoms with E-state index in [1.807, 2.05) is 18.2 Å². The molecule has 0 saturated carbocycles. The van der Waals surface area contributed by atoms with Crippen molar-refractivity contribution in [2.45, 2.75) is 26.4 Å². The predicted molar refractivity (Wildman–Crippen MR) is 81.2 cm³/mol. The molecule has 2 aromatic rings. The van der Waals surface area contributed by atoms with Gasteiger partial charge in [0.25, 0.3) is 0 Å². The Morgan fingerprint density at radius 1 is 1.33 bits per heavy atom. The summed E-state index contributed by atoms with van der Waals surface area (Å²) in [7, 11) is 0. The molecule has 2 nitrogen and oxygen atoms in total. The Morgan fingerprint density at radius 2 is 2.17 bits per heavy atom. The number of nitrogens with zero attached hydrogens (tertiary/aromatic N) is 1. The highest BCUT2D eigenvalue weighted by atomic mass is 79.9. The van der Waals surface area contributed by atoms with Gasteiger partial charge in [-0.2, -0.15) is 0 Å². The van der Waals surface area contributed by atoms with Crippen LogP contribution in [-0.4, -0.2) is 4.57 Å². The smallest absolute Gasteiger partial charge is 0.0638 e. The van der Waals surface area contributed by atoms with Gasteiger partial charge < -0.3 is 9.88 Å². The van der Waals surface area contributed by atoms with Crippen LogP contribution in [0.1, 0.15) is 18.9 Å². The molecule has 2 rings (SSSR count). The number of benzene rings is 1. The van der Waals surface area contributed by atoms with E-state index in [0.29, 0.717) is 0 Å². The van der Waals surface area contributed by atoms with Crippen LogP contribution < -0.4 is 5.32 Å². The minimum atomic E-state index is 0.742. The van der Waals surface area contributed by atoms with Gasteiger partial charge in [-0.05, 0) is 36.2 Å². The van der Waals surface area contributed by atoms with E-state index >= 15 is 0 Å². The quantitative estimate of drug-likeness (QED) is 0.824. The molecule has 4 heteroatoms. The van der Waals surface area contributed by atoms with Crippen molar-refractivity contribution in [1.82, 2.24) is 4.57 Å². The van der Waals surface area contributed by atoms with Gasteiger partial charge in [-0.25, -0.2) is 0 Å². The molecule has 1 heterocycles. The minimum Gasteiger partial charge on any atom is -0.380 e. The van der Waals surface area contributed by atoms with Crippen LogP contribution in [-0.2, 0) is 13.1 Å². The lowest BCUT2D eigenvalue weighted by molar-refractivity contribution is 0.682. The molecule has 0 radical (unpaired) electrons. The van der Waals surface area contributed by atoms with Crippen LogP contribution in [0.2, 0.25) is 5.02 Å². The first-order chi connectivity index (χ1) is 8.69. The second-order valence-electron chi connectivity index (χ2n) is 4.24. The van der Waals surface area contributed by atoms with E-state index in [-0.39, 0.29) is 0 Å². The lowest BCUT2D eigenvalue weighted by Gasteiger charge is -2.07. The Balaban J connectivity index is 1.99. The monoisotopic (exact) mass is 326 g/mol. The lowest BCUT2D eigenvalue weighted by atomic mass is 10.3. The molecule has 1 N–H and O–H groups in total. The first-order valence-corrected chi connectivity index (χ1v) is 7.19. The Kier molecular flexibility index (Phi) is 4.72. The van der Waals surface area contributed by atoms with Gasteiger partial charge in [0.2, 0.25) is 0 Å². The van der Waals surface area contributed by atoms with Gasteiger partial charge in [-0.15, -0.1) is 0 Å². The number of hydrogen-bond acceptors (Lipinski definition) is 1. The van der Waals surface area contributed by atoms with Crippen LogP contribution in [0.3, 0.4) is 0 Å². The summed E-state index contributed by atoms with van der Waals surface area (Å²) in [5.74, 6) is 0. The average Bonchev–Trinajstić information content (AvgIpc) is 2.79. The molecule has 0 aliphatic rings. The maximum Gasteiger partial charge on any atom is 0.0638 e. The van der Waals surface area contributed by atoms with E-state index in [9.17, 15) is 0 Å². The summed E-state index contributed by atoms with van der Waals surface area (Å²) < 4.78 is 3.23. The second kappa shape index (κ2) is 6.30. The molecule has 0 spiro atoms. The van der Waals surface area contributed by atoms with Crippen LogP contribution in [0.4, 0.5) is 5.69 Å². The summed E-state index contributed by atoms with van der Waals surface area (Å²) in [6.45, 7) is 4.03. The Morgan fingerprint density at radius 3 is 2.94 bits per heavy atom. The van der Waals surface area contributed by atoms with Gasteiger partial charge in [0.1, 0.15) is 0 Å². The molecule has 0 unspecified atom stereocenters. The van der Waals surface area contributed by atoms with Gasteiger partial charge in [0.15, 0.2) is 0 Å². The standard InChI is InChI=1S/C14H16BrClN2/c1-2-6-18-7-5-11(10-18)9-17-14-8-12(15)3-4-13(14)16/h3-5,7-8,10,17H,2,6,9H2,1H3. The number of nitrogens with one attached hydrogen (secondary N) is 1. The number of hydrogen-bond donors (Lipinski definition) is 1. The first-order valence-electron chi connectivity index (χ1n) is 6.02. The van der Waals surface area contributed by atoms with Crippen LogP contribution in [0.25, 0.3) is 0 Å². The third-order valence-electron chi connectivity index (χ3n) is 2.70. The zero-order valence-corrected chi connectivity index (χ0v) is 12.6. The molecule has 18 heavy (non-hydrogen) atoms. The van der Waals surface area contributed by atoms with Crippen molar-refractivity contribution in [3.63, 3.8) is 0 Å². The predicted octanol–water partition coefficient (Wildman–Crippen LogP) is 4.93. The first kappa shape index (κ1) is 13.5. The number of rotatable bonds is 5. The number of anilines is 1. The van der Waals surface area contributed by atoms with Crippen LogP contribution in [0, 0.1) is 0 Å². The molecule has 96 valence electrons. The highest BCUT2D eigenvalue weighted by Gasteiger charge is 2.02. The maximum absolute atomic E-state index is 6.13. The summed E-state index contributed by atoms with van der Waals surface area (Å²) in [5.41, 5.74) is 2.22. The highest BCUT2D eigenvalue weighted by molar-refractivity contribution is 9.10. The van der Waals surface area contributed by atoms with E-state index in [4.69, 9.17) is 11.6 Å². The summed E-state index contributed by atoms with van der Waals surface area (Å²) in [6.07, 6.45) is 5.43. The molecule has 1 aromatic heterocycles. The fourth-order valence-corrected chi connectivity index (χ4v) is 2.37. The van der Waals surface area contributed by atoms with E-state index in [0.717, 1.165) is 34.7 Å². The van der Waals surface area contributed by atoms with Crippen molar-refractivity contribution >= 4 is 33.2 Å². The fraction of sp³-hybridized carbons (Fsp3) is 0.286. The normalized spacial score (nSPS) is 10.6. The molecular formula is C14H16BrClN2. The highest BCUT2D eigenvalue weighted by Crippen LogP contribution is 2.26. The van der Waals surface area contributed by atoms with Gasteiger partial charge in [-0.3, -0.25) is 0 Å². The molecule has 0 aliphatic heterocycles. The molecule has 0 atom stereocenters. The number of aryl methyl sites for hydroxylation is 1. The average molecular weight is 328 g/mol. The Labute approximate surface area is 121 Å². The fourth-order valence-electron chi connectivity index (χ4n) is 1.82. The number of aromatic nitrogens is 1. The summed E-state index contributed by atoms with van der Waals surface area (Å²) in [5, 5.41) is 4.09. The van der Waals surface area contributed by atoms with Crippen molar-refractivity contribution in [2.24, 2.45) is 0 Å². The number of halogens is 2. The summed E-state index contributed by atoms with van der Waals surface area (Å²) in [6, 6.07) is 7.95. The van der Waals surface area contributed by atoms with Crippen molar-refractivity contribution in [3.8, 4) is 0 Å². The molecule has 0 aliphatic carbocycles. The van der Waals surface area contributed by atoms with Crippen molar-refractivity contribution in [3.05, 3.63) is 51.7 Å². The zero-order chi connectivity index (χ0) is 13.0. The Hall–Kier alpha value is -0.930. The van der Waals surface area contributed by atoms with Gasteiger partial charge in [0, 0.05) is 30.0 Å². The maximum atomic E-state index is 6.13. The van der Waals surface area contributed by atoms with E-state index in [1.54, 1.807) is 0 Å². The third kappa shape index (κ3) is 3.53. The van der Waals surface area contributed by atoms with Crippen LogP contribution >= 0.6 is 27.5 Å². The summed E-state index contributed by atoms with van der Waals surface area (Å²) >= 11 is 9.57. The zero-order valence-electron chi connectivity index (χ0n) is 10.3. The third-order valence-corrected chi connectivity index (χ3v) is 3.53. The van der Waals surface area contributed by atoms with Gasteiger partial charge >= 0.3 is 0 Å². The summed E-state index contributed by atoms with van der Waals surface area (Å²) in [4.78, 5) is 0. The second-order valence-corrected chi connectivity index (χ2v) is 5.56. The van der Waals surface area contributed by atoms with E-state index < -0.39 is 0 Å². The molecule has 0 amide bonds.